The molecule has 14 nitrogen and oxygen atoms in total. The molecule has 2 aliphatic heterocycles. The van der Waals surface area contributed by atoms with Gasteiger partial charge in [0.05, 0.1) is 18.4 Å². The number of aromatic nitrogens is 1. The fraction of sp³-hybridized carbons (Fsp3) is 0.615. The summed E-state index contributed by atoms with van der Waals surface area (Å²) >= 11 is 0. The Kier molecular flexibility index (Phi) is 10.7. The van der Waals surface area contributed by atoms with Gasteiger partial charge in [-0.05, 0) is 89.5 Å². The molecular formula is C39H53N5O9S. The topological polar surface area (TPSA) is 182 Å². The number of fused-ring (bicyclic) bond motifs is 3. The predicted octanol–water partition coefficient (Wildman–Crippen LogP) is 4.37. The Bertz CT molecular complexity index is 1940. The number of carbonyl (C=O) groups excluding carboxylic acids is 4. The lowest BCUT2D eigenvalue weighted by atomic mass is 9.88. The van der Waals surface area contributed by atoms with E-state index >= 15 is 0 Å². The monoisotopic (exact) mass is 767 g/mol. The molecule has 0 radical (unpaired) electrons. The highest BCUT2D eigenvalue weighted by Crippen LogP contribution is 2.47. The Labute approximate surface area is 317 Å². The summed E-state index contributed by atoms with van der Waals surface area (Å²) in [4.78, 5) is 62.3. The number of sulfonamides is 1. The Morgan fingerprint density at radius 2 is 1.81 bits per heavy atom. The van der Waals surface area contributed by atoms with Gasteiger partial charge in [-0.2, -0.15) is 4.98 Å². The van der Waals surface area contributed by atoms with Crippen molar-refractivity contribution in [3.63, 3.8) is 0 Å². The van der Waals surface area contributed by atoms with Gasteiger partial charge in [-0.3, -0.25) is 19.1 Å². The SMILES string of the molecule is COc1cc2ccccc2c(O[C@@H]2C[C@H]3C(=O)N[C@]4(C(=O)NS(=O)(=O)C5(C)CC5)C[C@H]4/C=C\CC[C@H](C)C[C@@H](C)[C@H](NC(=O)OC(C)(C)C)C(=O)N3C2)n1. The van der Waals surface area contributed by atoms with E-state index in [9.17, 15) is 27.6 Å². The number of benzene rings is 1. The van der Waals surface area contributed by atoms with E-state index in [0.717, 1.165) is 11.8 Å². The van der Waals surface area contributed by atoms with Gasteiger partial charge in [0, 0.05) is 23.8 Å². The molecule has 7 atom stereocenters. The number of alkyl carbamates (subject to hydrolysis) is 1. The molecule has 54 heavy (non-hydrogen) atoms. The zero-order valence-electron chi connectivity index (χ0n) is 32.1. The molecule has 2 saturated carbocycles. The van der Waals surface area contributed by atoms with Crippen LogP contribution in [0.1, 0.15) is 86.5 Å². The molecule has 294 valence electrons. The number of amides is 4. The standard InChI is InChI=1S/C39H53N5O9S/c1-23-12-8-10-14-26-21-39(26,35(47)43-54(49,50)38(6)16-17-38)42-32(45)29-20-27(52-33-28-15-11-9-13-25(28)19-30(40-33)51-7)22-44(29)34(46)31(24(2)18-23)41-36(48)53-37(3,4)5/h9-11,13-15,19,23-24,26-27,29,31H,8,12,16-18,20-22H2,1-7H3,(H,41,48)(H,42,45)(H,43,47)/b14-10-/t23-,24+,26+,27+,29-,31-,39+/m0/s1. The van der Waals surface area contributed by atoms with Crippen LogP contribution in [-0.4, -0.2) is 89.8 Å². The van der Waals surface area contributed by atoms with E-state index in [1.54, 1.807) is 33.8 Å². The van der Waals surface area contributed by atoms with E-state index in [0.29, 0.717) is 36.9 Å². The molecule has 15 heteroatoms. The number of allylic oxidation sites excluding steroid dienone is 1. The number of pyridine rings is 1. The quantitative estimate of drug-likeness (QED) is 0.342. The normalized spacial score (nSPS) is 30.4. The summed E-state index contributed by atoms with van der Waals surface area (Å²) in [6, 6.07) is 7.07. The molecule has 4 aliphatic rings. The molecule has 6 rings (SSSR count). The number of nitrogens with zero attached hydrogens (tertiary/aromatic N) is 2. The third-order valence-electron chi connectivity index (χ3n) is 11.1. The number of rotatable bonds is 7. The molecule has 0 unspecified atom stereocenters. The Morgan fingerprint density at radius 3 is 2.50 bits per heavy atom. The average Bonchev–Trinajstić information content (AvgIpc) is 3.97. The zero-order chi connectivity index (χ0) is 39.2. The molecule has 2 aliphatic carbocycles. The van der Waals surface area contributed by atoms with Crippen molar-refractivity contribution >= 4 is 44.6 Å². The first-order valence-corrected chi connectivity index (χ1v) is 20.3. The number of ether oxygens (including phenoxy) is 3. The number of methoxy groups -OCH3 is 1. The first kappa shape index (κ1) is 39.3. The molecule has 2 aromatic rings. The molecule has 3 N–H and O–H groups in total. The first-order chi connectivity index (χ1) is 25.3. The lowest BCUT2D eigenvalue weighted by molar-refractivity contribution is -0.142. The summed E-state index contributed by atoms with van der Waals surface area (Å²) in [5, 5.41) is 7.24. The van der Waals surface area contributed by atoms with Crippen LogP contribution in [-0.2, 0) is 29.1 Å². The van der Waals surface area contributed by atoms with Crippen molar-refractivity contribution in [2.75, 3.05) is 13.7 Å². The number of carbonyl (C=O) groups is 4. The van der Waals surface area contributed by atoms with Gasteiger partial charge < -0.3 is 29.7 Å². The third kappa shape index (κ3) is 8.30. The summed E-state index contributed by atoms with van der Waals surface area (Å²) in [6.45, 7) is 10.7. The molecule has 1 aromatic heterocycles. The van der Waals surface area contributed by atoms with E-state index in [-0.39, 0.29) is 37.1 Å². The van der Waals surface area contributed by atoms with Crippen molar-refractivity contribution in [1.82, 2.24) is 25.2 Å². The summed E-state index contributed by atoms with van der Waals surface area (Å²) in [7, 11) is -2.50. The molecular weight excluding hydrogens is 715 g/mol. The highest BCUT2D eigenvalue weighted by molar-refractivity contribution is 7.91. The van der Waals surface area contributed by atoms with Crippen LogP contribution < -0.4 is 24.8 Å². The highest BCUT2D eigenvalue weighted by atomic mass is 32.2. The maximum atomic E-state index is 14.8. The van der Waals surface area contributed by atoms with Gasteiger partial charge in [0.1, 0.15) is 29.3 Å². The molecule has 3 heterocycles. The van der Waals surface area contributed by atoms with Gasteiger partial charge in [0.15, 0.2) is 0 Å². The Hall–Kier alpha value is -4.40. The van der Waals surface area contributed by atoms with E-state index in [2.05, 4.69) is 27.3 Å². The van der Waals surface area contributed by atoms with Crippen molar-refractivity contribution in [2.24, 2.45) is 17.8 Å². The van der Waals surface area contributed by atoms with Crippen molar-refractivity contribution in [2.45, 2.75) is 121 Å². The Morgan fingerprint density at radius 1 is 1.09 bits per heavy atom. The van der Waals surface area contributed by atoms with E-state index < -0.39 is 73.8 Å². The van der Waals surface area contributed by atoms with Crippen LogP contribution in [0.3, 0.4) is 0 Å². The minimum Gasteiger partial charge on any atom is -0.481 e. The maximum Gasteiger partial charge on any atom is 0.408 e. The van der Waals surface area contributed by atoms with Crippen LogP contribution in [0, 0.1) is 17.8 Å². The predicted molar refractivity (Wildman–Crippen MR) is 201 cm³/mol. The van der Waals surface area contributed by atoms with E-state index in [1.165, 1.54) is 12.0 Å². The number of hydrogen-bond acceptors (Lipinski definition) is 10. The van der Waals surface area contributed by atoms with E-state index in [1.807, 2.05) is 43.3 Å². The highest BCUT2D eigenvalue weighted by Gasteiger charge is 2.63. The molecule has 1 aromatic carbocycles. The summed E-state index contributed by atoms with van der Waals surface area (Å²) < 4.78 is 45.0. The van der Waals surface area contributed by atoms with E-state index in [4.69, 9.17) is 14.2 Å². The van der Waals surface area contributed by atoms with Gasteiger partial charge in [-0.15, -0.1) is 0 Å². The van der Waals surface area contributed by atoms with Crippen molar-refractivity contribution in [3.05, 3.63) is 42.5 Å². The smallest absolute Gasteiger partial charge is 0.408 e. The third-order valence-corrected chi connectivity index (χ3v) is 13.2. The fourth-order valence-electron chi connectivity index (χ4n) is 7.53. The van der Waals surface area contributed by atoms with Gasteiger partial charge in [-0.1, -0.05) is 44.2 Å². The average molecular weight is 768 g/mol. The van der Waals surface area contributed by atoms with Crippen molar-refractivity contribution < 1.29 is 41.8 Å². The molecule has 1 saturated heterocycles. The minimum atomic E-state index is -4.00. The van der Waals surface area contributed by atoms with Crippen molar-refractivity contribution in [3.8, 4) is 11.8 Å². The second-order valence-electron chi connectivity index (χ2n) is 16.8. The molecule has 4 amide bonds. The second-order valence-corrected chi connectivity index (χ2v) is 19.0. The molecule has 0 spiro atoms. The largest absolute Gasteiger partial charge is 0.481 e. The van der Waals surface area contributed by atoms with Crippen molar-refractivity contribution in [1.29, 1.82) is 0 Å². The van der Waals surface area contributed by atoms with Crippen LogP contribution in [0.15, 0.2) is 42.5 Å². The van der Waals surface area contributed by atoms with Gasteiger partial charge in [0.25, 0.3) is 5.91 Å². The van der Waals surface area contributed by atoms with Crippen LogP contribution in [0.2, 0.25) is 0 Å². The lowest BCUT2D eigenvalue weighted by Gasteiger charge is -2.33. The van der Waals surface area contributed by atoms with Gasteiger partial charge >= 0.3 is 6.09 Å². The minimum absolute atomic E-state index is 0.0311. The van der Waals surface area contributed by atoms with Crippen LogP contribution in [0.5, 0.6) is 11.8 Å². The number of nitrogens with one attached hydrogen (secondary N) is 3. The summed E-state index contributed by atoms with van der Waals surface area (Å²) in [5.41, 5.74) is -2.35. The zero-order valence-corrected chi connectivity index (χ0v) is 33.0. The lowest BCUT2D eigenvalue weighted by Crippen LogP contribution is -2.59. The first-order valence-electron chi connectivity index (χ1n) is 18.8. The Balaban J connectivity index is 1.36. The molecule has 0 bridgehead atoms. The second kappa shape index (κ2) is 14.7. The van der Waals surface area contributed by atoms with Crippen LogP contribution in [0.4, 0.5) is 4.79 Å². The summed E-state index contributed by atoms with van der Waals surface area (Å²) in [6.07, 6.45) is 5.48. The van der Waals surface area contributed by atoms with Crippen LogP contribution in [0.25, 0.3) is 10.8 Å². The molecule has 3 fully saturated rings. The van der Waals surface area contributed by atoms with Gasteiger partial charge in [0.2, 0.25) is 33.6 Å². The van der Waals surface area contributed by atoms with Crippen LogP contribution >= 0.6 is 0 Å². The fourth-order valence-corrected chi connectivity index (χ4v) is 8.84. The number of hydrogen-bond donors (Lipinski definition) is 3. The maximum absolute atomic E-state index is 14.8. The summed E-state index contributed by atoms with van der Waals surface area (Å²) in [5.74, 6) is -1.99. The van der Waals surface area contributed by atoms with Gasteiger partial charge in [-0.25, -0.2) is 13.2 Å².